The van der Waals surface area contributed by atoms with E-state index in [4.69, 9.17) is 9.88 Å². The number of hydrogen-bond acceptors (Lipinski definition) is 5. The first-order chi connectivity index (χ1) is 8.89. The molecule has 0 aromatic rings. The molecular weight excluding hydrogens is 286 g/mol. The Morgan fingerprint density at radius 3 is 2.35 bits per heavy atom. The molecule has 0 radical (unpaired) electrons. The Bertz CT molecular complexity index is 537. The number of carbonyl (C=O) groups excluding carboxylic acids is 2. The molecule has 20 heavy (non-hydrogen) atoms. The second-order valence-corrected chi connectivity index (χ2v) is 6.91. The second-order valence-electron chi connectivity index (χ2n) is 5.62. The third kappa shape index (κ3) is 4.20. The van der Waals surface area contributed by atoms with E-state index in [-0.39, 0.29) is 12.3 Å². The van der Waals surface area contributed by atoms with Gasteiger partial charge in [0.2, 0.25) is 0 Å². The highest BCUT2D eigenvalue weighted by molar-refractivity contribution is 7.87. The number of carbonyl (C=O) groups is 2. The smallest absolute Gasteiger partial charge is 0.408 e. The van der Waals surface area contributed by atoms with E-state index >= 15 is 0 Å². The van der Waals surface area contributed by atoms with Crippen molar-refractivity contribution in [1.82, 2.24) is 10.0 Å². The molecule has 114 valence electrons. The van der Waals surface area contributed by atoms with Gasteiger partial charge < -0.3 is 10.1 Å². The largest absolute Gasteiger partial charge is 0.444 e. The van der Waals surface area contributed by atoms with Gasteiger partial charge in [-0.2, -0.15) is 8.42 Å². The first kappa shape index (κ1) is 16.4. The molecule has 0 unspecified atom stereocenters. The molecule has 1 saturated carbocycles. The molecule has 1 aliphatic rings. The average molecular weight is 305 g/mol. The minimum absolute atomic E-state index is 0.233. The SMILES string of the molecule is C=C[C@@H]1C[C@]1(NC(=O)OC(C)(C)C)C(=O)NS(N)(=O)=O. The summed E-state index contributed by atoms with van der Waals surface area (Å²) in [6.45, 7) is 8.53. The van der Waals surface area contributed by atoms with E-state index in [1.807, 2.05) is 0 Å². The van der Waals surface area contributed by atoms with Crippen LogP contribution < -0.4 is 15.2 Å². The number of alkyl carbamates (subject to hydrolysis) is 1. The van der Waals surface area contributed by atoms with Crippen molar-refractivity contribution in [3.63, 3.8) is 0 Å². The van der Waals surface area contributed by atoms with Gasteiger partial charge in [0.15, 0.2) is 0 Å². The highest BCUT2D eigenvalue weighted by Gasteiger charge is 2.60. The molecule has 0 spiro atoms. The lowest BCUT2D eigenvalue weighted by molar-refractivity contribution is -0.122. The Morgan fingerprint density at radius 2 is 2.00 bits per heavy atom. The molecule has 1 aliphatic carbocycles. The molecule has 0 aliphatic heterocycles. The number of hydrogen-bond donors (Lipinski definition) is 3. The first-order valence-electron chi connectivity index (χ1n) is 5.88. The molecular formula is C11H19N3O5S. The van der Waals surface area contributed by atoms with Gasteiger partial charge in [0.25, 0.3) is 16.1 Å². The summed E-state index contributed by atoms with van der Waals surface area (Å²) in [5.74, 6) is -1.28. The first-order valence-corrected chi connectivity index (χ1v) is 7.43. The normalized spacial score (nSPS) is 25.5. The maximum Gasteiger partial charge on any atom is 0.408 e. The summed E-state index contributed by atoms with van der Waals surface area (Å²) in [5.41, 5.74) is -2.11. The lowest BCUT2D eigenvalue weighted by atomic mass is 10.2. The Kier molecular flexibility index (Phi) is 4.16. The maximum absolute atomic E-state index is 11.9. The van der Waals surface area contributed by atoms with Crippen LogP contribution in [0.1, 0.15) is 27.2 Å². The van der Waals surface area contributed by atoms with Gasteiger partial charge >= 0.3 is 6.09 Å². The fourth-order valence-electron chi connectivity index (χ4n) is 1.74. The van der Waals surface area contributed by atoms with Crippen LogP contribution in [0.2, 0.25) is 0 Å². The zero-order valence-electron chi connectivity index (χ0n) is 11.6. The van der Waals surface area contributed by atoms with Gasteiger partial charge in [-0.25, -0.2) is 14.7 Å². The number of nitrogens with one attached hydrogen (secondary N) is 2. The van der Waals surface area contributed by atoms with Gasteiger partial charge in [-0.3, -0.25) is 4.79 Å². The summed E-state index contributed by atoms with van der Waals surface area (Å²) in [6.07, 6.45) is 0.878. The molecule has 8 nitrogen and oxygen atoms in total. The minimum atomic E-state index is -4.20. The van der Waals surface area contributed by atoms with E-state index in [1.54, 1.807) is 25.5 Å². The van der Waals surface area contributed by atoms with Crippen molar-refractivity contribution in [1.29, 1.82) is 0 Å². The molecule has 4 N–H and O–H groups in total. The quantitative estimate of drug-likeness (QED) is 0.618. The summed E-state index contributed by atoms with van der Waals surface area (Å²) in [5, 5.41) is 7.13. The fourth-order valence-corrected chi connectivity index (χ4v) is 2.18. The van der Waals surface area contributed by atoms with Crippen LogP contribution in [0, 0.1) is 5.92 Å². The highest BCUT2D eigenvalue weighted by atomic mass is 32.2. The Hall–Kier alpha value is -1.61. The van der Waals surface area contributed by atoms with Crippen LogP contribution >= 0.6 is 0 Å². The molecule has 0 heterocycles. The molecule has 2 atom stereocenters. The fraction of sp³-hybridized carbons (Fsp3) is 0.636. The average Bonchev–Trinajstić information content (AvgIpc) is 2.86. The van der Waals surface area contributed by atoms with Crippen molar-refractivity contribution in [3.05, 3.63) is 12.7 Å². The number of rotatable bonds is 4. The van der Waals surface area contributed by atoms with Gasteiger partial charge in [-0.1, -0.05) is 6.08 Å². The van der Waals surface area contributed by atoms with Crippen LogP contribution in [0.3, 0.4) is 0 Å². The van der Waals surface area contributed by atoms with Crippen molar-refractivity contribution >= 4 is 22.2 Å². The predicted molar refractivity (Wildman–Crippen MR) is 71.7 cm³/mol. The Morgan fingerprint density at radius 1 is 1.45 bits per heavy atom. The van der Waals surface area contributed by atoms with Crippen molar-refractivity contribution in [2.45, 2.75) is 38.3 Å². The van der Waals surface area contributed by atoms with Gasteiger partial charge in [0.1, 0.15) is 11.1 Å². The summed E-state index contributed by atoms with van der Waals surface area (Å²) >= 11 is 0. The maximum atomic E-state index is 11.9. The molecule has 0 aromatic heterocycles. The summed E-state index contributed by atoms with van der Waals surface area (Å²) in [6, 6.07) is 0. The van der Waals surface area contributed by atoms with Crippen molar-refractivity contribution < 1.29 is 22.7 Å². The van der Waals surface area contributed by atoms with E-state index in [9.17, 15) is 18.0 Å². The lowest BCUT2D eigenvalue weighted by Crippen LogP contribution is -2.53. The van der Waals surface area contributed by atoms with Crippen molar-refractivity contribution in [2.75, 3.05) is 0 Å². The molecule has 9 heteroatoms. The van der Waals surface area contributed by atoms with Gasteiger partial charge in [0, 0.05) is 5.92 Å². The third-order valence-electron chi connectivity index (χ3n) is 2.66. The standard InChI is InChI=1S/C11H19N3O5S/c1-5-7-6-11(7,8(15)14-20(12,17)18)13-9(16)19-10(2,3)4/h5,7H,1,6H2,2-4H3,(H,13,16)(H,14,15)(H2,12,17,18)/t7-,11-/m1/s1. The van der Waals surface area contributed by atoms with Crippen molar-refractivity contribution in [3.8, 4) is 0 Å². The third-order valence-corrected chi connectivity index (χ3v) is 3.13. The van der Waals surface area contributed by atoms with Crippen LogP contribution in [-0.4, -0.2) is 31.6 Å². The molecule has 0 aromatic carbocycles. The summed E-state index contributed by atoms with van der Waals surface area (Å²) < 4.78 is 28.5. The van der Waals surface area contributed by atoms with E-state index in [2.05, 4.69) is 11.9 Å². The number of ether oxygens (including phenoxy) is 1. The molecule has 1 fully saturated rings. The monoisotopic (exact) mass is 305 g/mol. The predicted octanol–water partition coefficient (Wildman–Crippen LogP) is -0.224. The van der Waals surface area contributed by atoms with Gasteiger partial charge in [-0.05, 0) is 27.2 Å². The zero-order valence-corrected chi connectivity index (χ0v) is 12.4. The molecule has 0 saturated heterocycles. The molecule has 2 amide bonds. The second kappa shape index (κ2) is 5.06. The Balaban J connectivity index is 2.82. The zero-order chi connectivity index (χ0) is 15.8. The lowest BCUT2D eigenvalue weighted by Gasteiger charge is -2.23. The number of amides is 2. The van der Waals surface area contributed by atoms with E-state index < -0.39 is 33.3 Å². The summed E-state index contributed by atoms with van der Waals surface area (Å²) in [4.78, 5) is 23.6. The minimum Gasteiger partial charge on any atom is -0.444 e. The van der Waals surface area contributed by atoms with E-state index in [1.165, 1.54) is 6.08 Å². The van der Waals surface area contributed by atoms with E-state index in [0.717, 1.165) is 0 Å². The highest BCUT2D eigenvalue weighted by Crippen LogP contribution is 2.44. The molecule has 1 rings (SSSR count). The van der Waals surface area contributed by atoms with Crippen LogP contribution in [0.4, 0.5) is 4.79 Å². The molecule has 0 bridgehead atoms. The van der Waals surface area contributed by atoms with Crippen LogP contribution in [0.25, 0.3) is 0 Å². The topological polar surface area (TPSA) is 128 Å². The van der Waals surface area contributed by atoms with Crippen LogP contribution in [0.15, 0.2) is 12.7 Å². The van der Waals surface area contributed by atoms with Crippen LogP contribution in [-0.2, 0) is 19.7 Å². The van der Waals surface area contributed by atoms with Crippen LogP contribution in [0.5, 0.6) is 0 Å². The number of nitrogens with two attached hydrogens (primary N) is 1. The summed E-state index contributed by atoms with van der Waals surface area (Å²) in [7, 11) is -4.20. The van der Waals surface area contributed by atoms with Crippen molar-refractivity contribution in [2.24, 2.45) is 11.1 Å². The van der Waals surface area contributed by atoms with E-state index in [0.29, 0.717) is 0 Å². The Labute approximate surface area is 117 Å². The van der Waals surface area contributed by atoms with Gasteiger partial charge in [0.05, 0.1) is 0 Å². The van der Waals surface area contributed by atoms with Gasteiger partial charge in [-0.15, -0.1) is 6.58 Å².